The lowest BCUT2D eigenvalue weighted by atomic mass is 10.1. The van der Waals surface area contributed by atoms with Crippen LogP contribution in [0.15, 0.2) is 0 Å². The zero-order chi connectivity index (χ0) is 28.3. The number of alkyl halides is 3. The summed E-state index contributed by atoms with van der Waals surface area (Å²) in [6, 6.07) is 0. The molecule has 18 heteroatoms. The van der Waals surface area contributed by atoms with Crippen molar-refractivity contribution in [1.82, 2.24) is 0 Å². The van der Waals surface area contributed by atoms with Crippen molar-refractivity contribution in [3.8, 4) is 23.0 Å². The van der Waals surface area contributed by atoms with Crippen LogP contribution in [0, 0.1) is 64.0 Å². The van der Waals surface area contributed by atoms with Gasteiger partial charge >= 0.3 is 6.18 Å². The fraction of sp³-hybridized carbons (Fsp3) is 0.0526. The molecule has 3 rings (SSSR count). The highest BCUT2D eigenvalue weighted by molar-refractivity contribution is 5.55. The van der Waals surface area contributed by atoms with Crippen LogP contribution in [0.25, 0.3) is 0 Å². The maximum absolute atomic E-state index is 14.9. The molecule has 0 aliphatic carbocycles. The van der Waals surface area contributed by atoms with Gasteiger partial charge in [0.2, 0.25) is 52.2 Å². The number of nitrogens with two attached hydrogens (primary N) is 2. The summed E-state index contributed by atoms with van der Waals surface area (Å²) in [6.45, 7) is 0. The van der Waals surface area contributed by atoms with Gasteiger partial charge in [-0.3, -0.25) is 0 Å². The first kappa shape index (κ1) is 27.5. The van der Waals surface area contributed by atoms with Gasteiger partial charge in [-0.25, -0.2) is 30.7 Å². The average molecular weight is 558 g/mol. The van der Waals surface area contributed by atoms with E-state index in [1.54, 1.807) is 0 Å². The second-order valence-electron chi connectivity index (χ2n) is 6.67. The summed E-state index contributed by atoms with van der Waals surface area (Å²) in [5.74, 6) is -39.6. The summed E-state index contributed by atoms with van der Waals surface area (Å²) in [6.07, 6.45) is -6.17. The third-order valence-electron chi connectivity index (χ3n) is 4.44. The van der Waals surface area contributed by atoms with Gasteiger partial charge in [-0.1, -0.05) is 0 Å². The van der Waals surface area contributed by atoms with E-state index in [1.165, 1.54) is 0 Å². The minimum absolute atomic E-state index is 1.86. The van der Waals surface area contributed by atoms with Crippen LogP contribution in [0.1, 0.15) is 5.56 Å². The van der Waals surface area contributed by atoms with E-state index >= 15 is 0 Å². The van der Waals surface area contributed by atoms with E-state index in [0.29, 0.717) is 0 Å². The molecule has 0 atom stereocenters. The quantitative estimate of drug-likeness (QED) is 0.157. The Bertz CT molecular complexity index is 1400. The van der Waals surface area contributed by atoms with Crippen molar-refractivity contribution in [2.45, 2.75) is 6.18 Å². The van der Waals surface area contributed by atoms with Gasteiger partial charge in [0.25, 0.3) is 0 Å². The highest BCUT2D eigenvalue weighted by Crippen LogP contribution is 2.48. The molecule has 0 fully saturated rings. The van der Waals surface area contributed by atoms with Crippen molar-refractivity contribution in [2.24, 2.45) is 0 Å². The first-order valence-corrected chi connectivity index (χ1v) is 8.79. The third-order valence-corrected chi connectivity index (χ3v) is 4.44. The van der Waals surface area contributed by atoms with Gasteiger partial charge < -0.3 is 20.9 Å². The van der Waals surface area contributed by atoms with Crippen LogP contribution >= 0.6 is 0 Å². The summed E-state index contributed by atoms with van der Waals surface area (Å²) in [5.41, 5.74) is 2.64. The molecular weight excluding hydrogens is 554 g/mol. The van der Waals surface area contributed by atoms with Gasteiger partial charge in [0, 0.05) is 0 Å². The topological polar surface area (TPSA) is 70.5 Å². The van der Waals surface area contributed by atoms with E-state index < -0.39 is 110 Å². The van der Waals surface area contributed by atoms with E-state index in [9.17, 15) is 61.5 Å². The number of hydrogen-bond acceptors (Lipinski definition) is 4. The van der Waals surface area contributed by atoms with E-state index in [1.807, 2.05) is 0 Å². The predicted molar refractivity (Wildman–Crippen MR) is 92.8 cm³/mol. The zero-order valence-electron chi connectivity index (χ0n) is 16.8. The number of hydrogen-bond donors (Lipinski definition) is 2. The van der Waals surface area contributed by atoms with E-state index in [4.69, 9.17) is 11.5 Å². The molecule has 0 aliphatic heterocycles. The lowest BCUT2D eigenvalue weighted by Crippen LogP contribution is -2.16. The molecule has 0 radical (unpaired) electrons. The molecule has 0 saturated carbocycles. The molecule has 0 aromatic heterocycles. The van der Waals surface area contributed by atoms with Crippen molar-refractivity contribution in [3.63, 3.8) is 0 Å². The standard InChI is InChI=1S/C19H4F14N2O2/c20-2-1(19(31,32)33)15(36-16-8(26)3(21)5(23)13(34)10(16)28)12(30)18(7(2)25)37-17-9(27)4(22)6(24)14(35)11(17)29/h34-35H2. The smallest absolute Gasteiger partial charge is 0.423 e. The number of halogens is 14. The maximum Gasteiger partial charge on any atom is 0.423 e. The molecule has 0 aliphatic rings. The van der Waals surface area contributed by atoms with E-state index in [2.05, 4.69) is 9.47 Å². The van der Waals surface area contributed by atoms with Gasteiger partial charge in [0.15, 0.2) is 34.8 Å². The van der Waals surface area contributed by atoms with Crippen LogP contribution < -0.4 is 20.9 Å². The number of ether oxygens (including phenoxy) is 2. The second kappa shape index (κ2) is 9.07. The van der Waals surface area contributed by atoms with Crippen LogP contribution in [-0.2, 0) is 6.18 Å². The van der Waals surface area contributed by atoms with E-state index in [0.717, 1.165) is 0 Å². The minimum Gasteiger partial charge on any atom is -0.447 e. The molecule has 0 heterocycles. The summed E-state index contributed by atoms with van der Waals surface area (Å²) in [7, 11) is 0. The molecule has 0 bridgehead atoms. The van der Waals surface area contributed by atoms with Crippen LogP contribution in [0.3, 0.4) is 0 Å². The number of nitrogen functional groups attached to an aromatic ring is 2. The van der Waals surface area contributed by atoms with Gasteiger partial charge in [-0.2, -0.15) is 30.7 Å². The molecule has 0 saturated heterocycles. The molecule has 0 amide bonds. The normalized spacial score (nSPS) is 11.7. The van der Waals surface area contributed by atoms with Crippen molar-refractivity contribution < 1.29 is 70.9 Å². The SMILES string of the molecule is Nc1c(F)c(F)c(F)c(Oc2c(F)c(F)c(C(F)(F)F)c(Oc3c(F)c(N)c(F)c(F)c3F)c2F)c1F. The highest BCUT2D eigenvalue weighted by atomic mass is 19.4. The average Bonchev–Trinajstić information content (AvgIpc) is 2.83. The Morgan fingerprint density at radius 1 is 0.378 bits per heavy atom. The van der Waals surface area contributed by atoms with Crippen LogP contribution in [-0.4, -0.2) is 0 Å². The molecular formula is C19H4F14N2O2. The van der Waals surface area contributed by atoms with E-state index in [-0.39, 0.29) is 0 Å². The summed E-state index contributed by atoms with van der Waals surface area (Å²) in [4.78, 5) is 0. The number of anilines is 2. The molecule has 0 spiro atoms. The summed E-state index contributed by atoms with van der Waals surface area (Å²) >= 11 is 0. The monoisotopic (exact) mass is 558 g/mol. The Morgan fingerprint density at radius 2 is 0.703 bits per heavy atom. The lowest BCUT2D eigenvalue weighted by molar-refractivity contribution is -0.141. The zero-order valence-corrected chi connectivity index (χ0v) is 16.8. The molecule has 3 aromatic carbocycles. The van der Waals surface area contributed by atoms with Gasteiger partial charge in [-0.05, 0) is 0 Å². The van der Waals surface area contributed by atoms with Crippen LogP contribution in [0.2, 0.25) is 0 Å². The third kappa shape index (κ3) is 4.25. The molecule has 4 nitrogen and oxygen atoms in total. The Hall–Kier alpha value is -4.12. The molecule has 37 heavy (non-hydrogen) atoms. The predicted octanol–water partition coefficient (Wildman–Crippen LogP) is 6.98. The Balaban J connectivity index is 2.37. The second-order valence-corrected chi connectivity index (χ2v) is 6.67. The van der Waals surface area contributed by atoms with Crippen molar-refractivity contribution in [3.05, 3.63) is 69.6 Å². The lowest BCUT2D eigenvalue weighted by Gasteiger charge is -2.20. The fourth-order valence-electron chi connectivity index (χ4n) is 2.70. The Morgan fingerprint density at radius 3 is 1.08 bits per heavy atom. The number of benzene rings is 3. The molecule has 0 unspecified atom stereocenters. The summed E-state index contributed by atoms with van der Waals surface area (Å²) in [5, 5.41) is 0. The first-order valence-electron chi connectivity index (χ1n) is 8.79. The Kier molecular flexibility index (Phi) is 6.74. The van der Waals surface area contributed by atoms with Crippen molar-refractivity contribution >= 4 is 11.4 Å². The van der Waals surface area contributed by atoms with Crippen molar-refractivity contribution in [2.75, 3.05) is 11.5 Å². The molecule has 200 valence electrons. The van der Waals surface area contributed by atoms with Gasteiger partial charge in [0.1, 0.15) is 16.9 Å². The molecule has 4 N–H and O–H groups in total. The first-order chi connectivity index (χ1) is 16.9. The largest absolute Gasteiger partial charge is 0.447 e. The highest BCUT2D eigenvalue weighted by Gasteiger charge is 2.45. The Labute approximate surface area is 193 Å². The summed E-state index contributed by atoms with van der Waals surface area (Å²) < 4.78 is 201. The van der Waals surface area contributed by atoms with Gasteiger partial charge in [0.05, 0.1) is 0 Å². The van der Waals surface area contributed by atoms with Crippen LogP contribution in [0.4, 0.5) is 72.8 Å². The molecule has 3 aromatic rings. The maximum atomic E-state index is 14.9. The minimum atomic E-state index is -6.17. The van der Waals surface area contributed by atoms with Crippen LogP contribution in [0.5, 0.6) is 23.0 Å². The fourth-order valence-corrected chi connectivity index (χ4v) is 2.70. The van der Waals surface area contributed by atoms with Crippen molar-refractivity contribution in [1.29, 1.82) is 0 Å². The van der Waals surface area contributed by atoms with Gasteiger partial charge in [-0.15, -0.1) is 0 Å². The number of rotatable bonds is 4.